The molecule has 1 saturated heterocycles. The second kappa shape index (κ2) is 4.91. The van der Waals surface area contributed by atoms with Crippen LogP contribution in [0.25, 0.3) is 0 Å². The number of halogens is 1. The van der Waals surface area contributed by atoms with Gasteiger partial charge in [0.15, 0.2) is 0 Å². The average molecular weight is 188 g/mol. The second-order valence-corrected chi connectivity index (χ2v) is 4.10. The minimum Gasteiger partial charge on any atom is -0.304 e. The van der Waals surface area contributed by atoms with Crippen molar-refractivity contribution in [1.82, 2.24) is 9.80 Å². The molecule has 0 spiro atoms. The number of likely N-dealkylation sites (N-methyl/N-ethyl adjacent to an activating group) is 1. The highest BCUT2D eigenvalue weighted by atomic mass is 19.1. The lowest BCUT2D eigenvalue weighted by Crippen LogP contribution is -2.52. The van der Waals surface area contributed by atoms with Crippen LogP contribution in [0.15, 0.2) is 0 Å². The molecule has 1 fully saturated rings. The molecule has 1 aliphatic heterocycles. The maximum Gasteiger partial charge on any atom is 0.110 e. The van der Waals surface area contributed by atoms with Gasteiger partial charge in [0.2, 0.25) is 0 Å². The standard InChI is InChI=1S/C10H21FN2/c1-4-10-8-12(3)5-6-13(10)7-9(2)11/h9-10H,4-8H2,1-3H3. The fourth-order valence-corrected chi connectivity index (χ4v) is 2.00. The first-order chi connectivity index (χ1) is 6.13. The molecule has 0 amide bonds. The predicted octanol–water partition coefficient (Wildman–Crippen LogP) is 1.37. The molecule has 13 heavy (non-hydrogen) atoms. The predicted molar refractivity (Wildman–Crippen MR) is 53.7 cm³/mol. The maximum absolute atomic E-state index is 12.8. The van der Waals surface area contributed by atoms with Crippen LogP contribution in [0.3, 0.4) is 0 Å². The van der Waals surface area contributed by atoms with Crippen LogP contribution in [0.2, 0.25) is 0 Å². The molecule has 0 saturated carbocycles. The summed E-state index contributed by atoms with van der Waals surface area (Å²) in [6.45, 7) is 7.60. The van der Waals surface area contributed by atoms with E-state index in [0.717, 1.165) is 26.1 Å². The Bertz CT molecular complexity index is 150. The number of hydrogen-bond donors (Lipinski definition) is 0. The summed E-state index contributed by atoms with van der Waals surface area (Å²) in [6.07, 6.45) is 0.425. The summed E-state index contributed by atoms with van der Waals surface area (Å²) in [4.78, 5) is 4.61. The second-order valence-electron chi connectivity index (χ2n) is 4.10. The van der Waals surface area contributed by atoms with Gasteiger partial charge in [0, 0.05) is 32.2 Å². The zero-order valence-electron chi connectivity index (χ0n) is 8.96. The van der Waals surface area contributed by atoms with Crippen LogP contribution in [0.5, 0.6) is 0 Å². The number of piperazine rings is 1. The van der Waals surface area contributed by atoms with Crippen molar-refractivity contribution < 1.29 is 4.39 Å². The monoisotopic (exact) mass is 188 g/mol. The molecule has 0 aliphatic carbocycles. The van der Waals surface area contributed by atoms with Crippen LogP contribution >= 0.6 is 0 Å². The molecule has 2 atom stereocenters. The fraction of sp³-hybridized carbons (Fsp3) is 1.00. The third-order valence-corrected chi connectivity index (χ3v) is 2.77. The van der Waals surface area contributed by atoms with Gasteiger partial charge in [-0.1, -0.05) is 6.92 Å². The smallest absolute Gasteiger partial charge is 0.110 e. The summed E-state index contributed by atoms with van der Waals surface area (Å²) in [6, 6.07) is 0.553. The molecule has 0 aromatic heterocycles. The first kappa shape index (κ1) is 10.9. The topological polar surface area (TPSA) is 6.48 Å². The highest BCUT2D eigenvalue weighted by molar-refractivity contribution is 4.80. The minimum absolute atomic E-state index is 0.553. The van der Waals surface area contributed by atoms with Crippen molar-refractivity contribution in [2.45, 2.75) is 32.5 Å². The SMILES string of the molecule is CCC1CN(C)CCN1CC(C)F. The van der Waals surface area contributed by atoms with Crippen molar-refractivity contribution in [2.24, 2.45) is 0 Å². The Labute approximate surface area is 80.7 Å². The van der Waals surface area contributed by atoms with E-state index in [0.29, 0.717) is 12.6 Å². The van der Waals surface area contributed by atoms with Gasteiger partial charge in [-0.2, -0.15) is 0 Å². The Morgan fingerprint density at radius 3 is 2.69 bits per heavy atom. The summed E-state index contributed by atoms with van der Waals surface area (Å²) in [5.74, 6) is 0. The summed E-state index contributed by atoms with van der Waals surface area (Å²) in [7, 11) is 2.14. The summed E-state index contributed by atoms with van der Waals surface area (Å²) in [5, 5.41) is 0. The molecule has 0 radical (unpaired) electrons. The van der Waals surface area contributed by atoms with Crippen molar-refractivity contribution in [3.63, 3.8) is 0 Å². The number of alkyl halides is 1. The largest absolute Gasteiger partial charge is 0.304 e. The van der Waals surface area contributed by atoms with Crippen LogP contribution in [0.1, 0.15) is 20.3 Å². The van der Waals surface area contributed by atoms with Gasteiger partial charge < -0.3 is 4.90 Å². The van der Waals surface area contributed by atoms with Gasteiger partial charge in [0.05, 0.1) is 0 Å². The number of hydrogen-bond acceptors (Lipinski definition) is 2. The lowest BCUT2D eigenvalue weighted by Gasteiger charge is -2.39. The normalized spacial score (nSPS) is 29.1. The molecular weight excluding hydrogens is 167 g/mol. The van der Waals surface area contributed by atoms with Crippen LogP contribution in [-0.4, -0.2) is 55.2 Å². The molecule has 1 aliphatic rings. The molecule has 1 rings (SSSR count). The van der Waals surface area contributed by atoms with Gasteiger partial charge in [-0.25, -0.2) is 4.39 Å². The van der Waals surface area contributed by atoms with E-state index in [-0.39, 0.29) is 0 Å². The highest BCUT2D eigenvalue weighted by Crippen LogP contribution is 2.12. The lowest BCUT2D eigenvalue weighted by molar-refractivity contribution is 0.0681. The molecule has 0 N–H and O–H groups in total. The Morgan fingerprint density at radius 1 is 1.46 bits per heavy atom. The van der Waals surface area contributed by atoms with Crippen molar-refractivity contribution in [1.29, 1.82) is 0 Å². The highest BCUT2D eigenvalue weighted by Gasteiger charge is 2.24. The molecule has 1 heterocycles. The van der Waals surface area contributed by atoms with Crippen molar-refractivity contribution in [3.8, 4) is 0 Å². The van der Waals surface area contributed by atoms with Crippen LogP contribution in [0, 0.1) is 0 Å². The van der Waals surface area contributed by atoms with Gasteiger partial charge in [-0.05, 0) is 20.4 Å². The Balaban J connectivity index is 2.42. The summed E-state index contributed by atoms with van der Waals surface area (Å²) < 4.78 is 12.8. The van der Waals surface area contributed by atoms with Crippen LogP contribution in [-0.2, 0) is 0 Å². The van der Waals surface area contributed by atoms with E-state index in [1.807, 2.05) is 0 Å². The first-order valence-electron chi connectivity index (χ1n) is 5.20. The number of rotatable bonds is 3. The Morgan fingerprint density at radius 2 is 2.15 bits per heavy atom. The van der Waals surface area contributed by atoms with Crippen LogP contribution in [0.4, 0.5) is 4.39 Å². The molecule has 2 unspecified atom stereocenters. The molecule has 78 valence electrons. The molecular formula is C10H21FN2. The van der Waals surface area contributed by atoms with Crippen LogP contribution < -0.4 is 0 Å². The third kappa shape index (κ3) is 3.24. The van der Waals surface area contributed by atoms with Crippen molar-refractivity contribution in [3.05, 3.63) is 0 Å². The maximum atomic E-state index is 12.8. The molecule has 3 heteroatoms. The Hall–Kier alpha value is -0.150. The minimum atomic E-state index is -0.697. The zero-order chi connectivity index (χ0) is 9.84. The third-order valence-electron chi connectivity index (χ3n) is 2.77. The van der Waals surface area contributed by atoms with Gasteiger partial charge in [-0.3, -0.25) is 4.90 Å². The van der Waals surface area contributed by atoms with E-state index in [1.165, 1.54) is 0 Å². The van der Waals surface area contributed by atoms with E-state index in [9.17, 15) is 4.39 Å². The van der Waals surface area contributed by atoms with E-state index in [1.54, 1.807) is 6.92 Å². The van der Waals surface area contributed by atoms with E-state index in [4.69, 9.17) is 0 Å². The quantitative estimate of drug-likeness (QED) is 0.660. The summed E-state index contributed by atoms with van der Waals surface area (Å²) >= 11 is 0. The summed E-state index contributed by atoms with van der Waals surface area (Å²) in [5.41, 5.74) is 0. The van der Waals surface area contributed by atoms with Gasteiger partial charge in [0.25, 0.3) is 0 Å². The average Bonchev–Trinajstić information content (AvgIpc) is 2.07. The van der Waals surface area contributed by atoms with E-state index < -0.39 is 6.17 Å². The number of nitrogens with zero attached hydrogens (tertiary/aromatic N) is 2. The lowest BCUT2D eigenvalue weighted by atomic mass is 10.1. The molecule has 0 aromatic carbocycles. The molecule has 2 nitrogen and oxygen atoms in total. The molecule has 0 bridgehead atoms. The fourth-order valence-electron chi connectivity index (χ4n) is 2.00. The van der Waals surface area contributed by atoms with E-state index >= 15 is 0 Å². The molecule has 0 aromatic rings. The van der Waals surface area contributed by atoms with E-state index in [2.05, 4.69) is 23.8 Å². The zero-order valence-corrected chi connectivity index (χ0v) is 8.96. The van der Waals surface area contributed by atoms with Gasteiger partial charge in [0.1, 0.15) is 6.17 Å². The van der Waals surface area contributed by atoms with Crippen molar-refractivity contribution >= 4 is 0 Å². The first-order valence-corrected chi connectivity index (χ1v) is 5.20. The van der Waals surface area contributed by atoms with Crippen molar-refractivity contribution in [2.75, 3.05) is 33.2 Å². The van der Waals surface area contributed by atoms with Gasteiger partial charge in [-0.15, -0.1) is 0 Å². The Kier molecular flexibility index (Phi) is 4.13. The van der Waals surface area contributed by atoms with Gasteiger partial charge >= 0.3 is 0 Å².